The van der Waals surface area contributed by atoms with Crippen LogP contribution in [0.25, 0.3) is 22.4 Å². The zero-order valence-electron chi connectivity index (χ0n) is 16.6. The Morgan fingerprint density at radius 2 is 1.52 bits per heavy atom. The Hall–Kier alpha value is -3.59. The molecule has 0 spiro atoms. The van der Waals surface area contributed by atoms with Crippen molar-refractivity contribution in [2.45, 2.75) is 13.3 Å². The fourth-order valence-electron chi connectivity index (χ4n) is 3.51. The SMILES string of the molecule is COc1ccc(-c2cc(Cc3ccccc3)c(C)nc2-c2ccccc2O)cc1. The van der Waals surface area contributed by atoms with Crippen LogP contribution in [0.3, 0.4) is 0 Å². The number of phenolic OH excluding ortho intramolecular Hbond substituents is 1. The normalized spacial score (nSPS) is 10.7. The van der Waals surface area contributed by atoms with E-state index in [0.29, 0.717) is 0 Å². The number of ether oxygens (including phenoxy) is 1. The molecule has 0 aliphatic heterocycles. The topological polar surface area (TPSA) is 42.4 Å². The summed E-state index contributed by atoms with van der Waals surface area (Å²) in [6, 6.07) is 27.9. The highest BCUT2D eigenvalue weighted by molar-refractivity contribution is 5.84. The molecule has 0 bridgehead atoms. The molecule has 1 N–H and O–H groups in total. The second-order valence-electron chi connectivity index (χ2n) is 7.04. The number of hydrogen-bond acceptors (Lipinski definition) is 3. The number of benzene rings is 3. The summed E-state index contributed by atoms with van der Waals surface area (Å²) < 4.78 is 5.31. The minimum atomic E-state index is 0.227. The van der Waals surface area contributed by atoms with E-state index >= 15 is 0 Å². The van der Waals surface area contributed by atoms with Crippen LogP contribution in [0.2, 0.25) is 0 Å². The van der Waals surface area contributed by atoms with Gasteiger partial charge in [0, 0.05) is 16.8 Å². The smallest absolute Gasteiger partial charge is 0.124 e. The third-order valence-electron chi connectivity index (χ3n) is 5.12. The maximum atomic E-state index is 10.5. The quantitative estimate of drug-likeness (QED) is 0.459. The molecule has 4 aromatic rings. The van der Waals surface area contributed by atoms with Crippen LogP contribution >= 0.6 is 0 Å². The lowest BCUT2D eigenvalue weighted by Crippen LogP contribution is -2.00. The third kappa shape index (κ3) is 3.99. The molecular formula is C26H23NO2. The van der Waals surface area contributed by atoms with Crippen LogP contribution in [-0.4, -0.2) is 17.2 Å². The first-order valence-electron chi connectivity index (χ1n) is 9.63. The van der Waals surface area contributed by atoms with Gasteiger partial charge in [-0.15, -0.1) is 0 Å². The average Bonchev–Trinajstić information content (AvgIpc) is 2.76. The molecule has 1 aromatic heterocycles. The molecule has 0 saturated heterocycles. The van der Waals surface area contributed by atoms with Gasteiger partial charge in [0.2, 0.25) is 0 Å². The largest absolute Gasteiger partial charge is 0.507 e. The number of pyridine rings is 1. The Labute approximate surface area is 171 Å². The predicted octanol–water partition coefficient (Wildman–Crippen LogP) is 6.03. The van der Waals surface area contributed by atoms with Gasteiger partial charge in [0.05, 0.1) is 12.8 Å². The number of rotatable bonds is 5. The van der Waals surface area contributed by atoms with Gasteiger partial charge in [-0.3, -0.25) is 4.98 Å². The van der Waals surface area contributed by atoms with Crippen molar-refractivity contribution in [1.29, 1.82) is 0 Å². The Balaban J connectivity index is 1.88. The van der Waals surface area contributed by atoms with Crippen LogP contribution in [0.1, 0.15) is 16.8 Å². The van der Waals surface area contributed by atoms with Crippen LogP contribution in [0, 0.1) is 6.92 Å². The number of aryl methyl sites for hydroxylation is 1. The molecular weight excluding hydrogens is 358 g/mol. The third-order valence-corrected chi connectivity index (χ3v) is 5.12. The van der Waals surface area contributed by atoms with Gasteiger partial charge in [-0.05, 0) is 60.4 Å². The first-order valence-corrected chi connectivity index (χ1v) is 9.63. The van der Waals surface area contributed by atoms with Crippen molar-refractivity contribution in [3.05, 3.63) is 102 Å². The highest BCUT2D eigenvalue weighted by Gasteiger charge is 2.16. The fraction of sp³-hybridized carbons (Fsp3) is 0.115. The lowest BCUT2D eigenvalue weighted by Gasteiger charge is -2.16. The lowest BCUT2D eigenvalue weighted by molar-refractivity contribution is 0.415. The molecule has 3 nitrogen and oxygen atoms in total. The molecule has 144 valence electrons. The average molecular weight is 381 g/mol. The summed E-state index contributed by atoms with van der Waals surface area (Å²) in [5.41, 5.74) is 6.91. The molecule has 0 aliphatic rings. The number of phenols is 1. The van der Waals surface area contributed by atoms with Gasteiger partial charge in [-0.1, -0.05) is 54.6 Å². The standard InChI is InChI=1S/C26H23NO2/c1-18-21(16-19-8-4-3-5-9-19)17-24(20-12-14-22(29-2)15-13-20)26(27-18)23-10-6-7-11-25(23)28/h3-15,17,28H,16H2,1-2H3. The number of methoxy groups -OCH3 is 1. The number of hydrogen-bond donors (Lipinski definition) is 1. The van der Waals surface area contributed by atoms with Crippen molar-refractivity contribution in [2.75, 3.05) is 7.11 Å². The van der Waals surface area contributed by atoms with Gasteiger partial charge >= 0.3 is 0 Å². The van der Waals surface area contributed by atoms with E-state index in [-0.39, 0.29) is 5.75 Å². The lowest BCUT2D eigenvalue weighted by atomic mass is 9.94. The first-order chi connectivity index (χ1) is 14.2. The second-order valence-corrected chi connectivity index (χ2v) is 7.04. The van der Waals surface area contributed by atoms with E-state index in [2.05, 4.69) is 30.3 Å². The summed E-state index contributed by atoms with van der Waals surface area (Å²) in [4.78, 5) is 4.93. The molecule has 1 heterocycles. The van der Waals surface area contributed by atoms with Crippen LogP contribution in [-0.2, 0) is 6.42 Å². The van der Waals surface area contributed by atoms with Crippen LogP contribution in [0.5, 0.6) is 11.5 Å². The maximum absolute atomic E-state index is 10.5. The van der Waals surface area contributed by atoms with Gasteiger partial charge in [0.25, 0.3) is 0 Å². The van der Waals surface area contributed by atoms with Gasteiger partial charge in [0.15, 0.2) is 0 Å². The summed E-state index contributed by atoms with van der Waals surface area (Å²) in [6.07, 6.45) is 0.809. The number of nitrogens with zero attached hydrogens (tertiary/aromatic N) is 1. The zero-order chi connectivity index (χ0) is 20.2. The summed E-state index contributed by atoms with van der Waals surface area (Å²) in [5, 5.41) is 10.5. The number of aromatic nitrogens is 1. The number of aromatic hydroxyl groups is 1. The van der Waals surface area contributed by atoms with E-state index in [1.807, 2.05) is 55.5 Å². The maximum Gasteiger partial charge on any atom is 0.124 e. The Kier molecular flexibility index (Phi) is 5.30. The van der Waals surface area contributed by atoms with E-state index in [1.165, 1.54) is 11.1 Å². The summed E-state index contributed by atoms with van der Waals surface area (Å²) in [6.45, 7) is 2.03. The fourth-order valence-corrected chi connectivity index (χ4v) is 3.51. The summed E-state index contributed by atoms with van der Waals surface area (Å²) in [5.74, 6) is 1.03. The van der Waals surface area contributed by atoms with Crippen molar-refractivity contribution in [3.8, 4) is 33.9 Å². The second kappa shape index (κ2) is 8.19. The molecule has 0 aliphatic carbocycles. The van der Waals surface area contributed by atoms with Gasteiger partial charge < -0.3 is 9.84 Å². The Bertz CT molecular complexity index is 1120. The molecule has 0 atom stereocenters. The van der Waals surface area contributed by atoms with Crippen molar-refractivity contribution < 1.29 is 9.84 Å². The summed E-state index contributed by atoms with van der Waals surface area (Å²) in [7, 11) is 1.66. The first kappa shape index (κ1) is 18.8. The monoisotopic (exact) mass is 381 g/mol. The van der Waals surface area contributed by atoms with Crippen LogP contribution in [0.15, 0.2) is 84.9 Å². The Morgan fingerprint density at radius 3 is 2.21 bits per heavy atom. The highest BCUT2D eigenvalue weighted by atomic mass is 16.5. The van der Waals surface area contributed by atoms with E-state index < -0.39 is 0 Å². The minimum Gasteiger partial charge on any atom is -0.507 e. The zero-order valence-corrected chi connectivity index (χ0v) is 16.6. The van der Waals surface area contributed by atoms with Gasteiger partial charge in [-0.2, -0.15) is 0 Å². The molecule has 4 rings (SSSR count). The molecule has 3 heteroatoms. The van der Waals surface area contributed by atoms with E-state index in [4.69, 9.17) is 9.72 Å². The Morgan fingerprint density at radius 1 is 0.828 bits per heavy atom. The molecule has 0 radical (unpaired) electrons. The molecule has 0 unspecified atom stereocenters. The van der Waals surface area contributed by atoms with Crippen molar-refractivity contribution in [3.63, 3.8) is 0 Å². The highest BCUT2D eigenvalue weighted by Crippen LogP contribution is 2.37. The summed E-state index contributed by atoms with van der Waals surface area (Å²) >= 11 is 0. The van der Waals surface area contributed by atoms with E-state index in [9.17, 15) is 5.11 Å². The number of para-hydroxylation sites is 1. The minimum absolute atomic E-state index is 0.227. The van der Waals surface area contributed by atoms with E-state index in [1.54, 1.807) is 13.2 Å². The molecule has 0 amide bonds. The predicted molar refractivity (Wildman–Crippen MR) is 117 cm³/mol. The molecule has 3 aromatic carbocycles. The van der Waals surface area contributed by atoms with Crippen LogP contribution < -0.4 is 4.74 Å². The van der Waals surface area contributed by atoms with Crippen molar-refractivity contribution in [2.24, 2.45) is 0 Å². The van der Waals surface area contributed by atoms with Gasteiger partial charge in [-0.25, -0.2) is 0 Å². The van der Waals surface area contributed by atoms with Crippen molar-refractivity contribution in [1.82, 2.24) is 4.98 Å². The van der Waals surface area contributed by atoms with Crippen LogP contribution in [0.4, 0.5) is 0 Å². The molecule has 0 fully saturated rings. The van der Waals surface area contributed by atoms with E-state index in [0.717, 1.165) is 40.2 Å². The van der Waals surface area contributed by atoms with Gasteiger partial charge in [0.1, 0.15) is 11.5 Å². The molecule has 0 saturated carbocycles. The van der Waals surface area contributed by atoms with Crippen molar-refractivity contribution >= 4 is 0 Å². The molecule has 29 heavy (non-hydrogen) atoms.